The van der Waals surface area contributed by atoms with Gasteiger partial charge in [-0.3, -0.25) is 19.2 Å². The summed E-state index contributed by atoms with van der Waals surface area (Å²) in [7, 11) is -4.14. The molecule has 13 heteroatoms. The Bertz CT molecular complexity index is 1450. The number of morpholine rings is 1. The number of nitro groups is 1. The van der Waals surface area contributed by atoms with Gasteiger partial charge in [0.2, 0.25) is 0 Å². The van der Waals surface area contributed by atoms with Gasteiger partial charge in [-0.2, -0.15) is 5.10 Å². The number of ether oxygens (including phenoxy) is 1. The van der Waals surface area contributed by atoms with Crippen LogP contribution in [0.1, 0.15) is 5.56 Å². The second-order valence-electron chi connectivity index (χ2n) is 8.17. The molecule has 0 spiro atoms. The number of non-ortho nitro benzene ring substituents is 1. The summed E-state index contributed by atoms with van der Waals surface area (Å²) in [6, 6.07) is 18.3. The van der Waals surface area contributed by atoms with Gasteiger partial charge in [0.15, 0.2) is 0 Å². The molecule has 0 aliphatic carbocycles. The van der Waals surface area contributed by atoms with Gasteiger partial charge in [0.1, 0.15) is 6.54 Å². The number of hydrogen-bond donors (Lipinski definition) is 1. The Balaban J connectivity index is 1.57. The van der Waals surface area contributed by atoms with Crippen molar-refractivity contribution in [3.63, 3.8) is 0 Å². The second-order valence-corrected chi connectivity index (χ2v) is 10.4. The highest BCUT2D eigenvalue weighted by atomic mass is 35.5. The number of carbonyl (C=O) groups excluding carboxylic acids is 1. The zero-order chi connectivity index (χ0) is 27.1. The molecular formula is C25H24ClN5O6S. The highest BCUT2D eigenvalue weighted by molar-refractivity contribution is 7.92. The Labute approximate surface area is 224 Å². The normalized spacial score (nSPS) is 13.9. The smallest absolute Gasteiger partial charge is 0.270 e. The van der Waals surface area contributed by atoms with Crippen molar-refractivity contribution in [1.82, 2.24) is 5.43 Å². The van der Waals surface area contributed by atoms with E-state index < -0.39 is 27.4 Å². The van der Waals surface area contributed by atoms with Gasteiger partial charge in [0.05, 0.1) is 40.0 Å². The summed E-state index contributed by atoms with van der Waals surface area (Å²) >= 11 is 6.28. The molecule has 0 bridgehead atoms. The molecule has 38 heavy (non-hydrogen) atoms. The number of sulfonamides is 1. The van der Waals surface area contributed by atoms with Crippen LogP contribution in [0.2, 0.25) is 5.02 Å². The molecule has 1 aliphatic heterocycles. The van der Waals surface area contributed by atoms with E-state index in [9.17, 15) is 23.3 Å². The van der Waals surface area contributed by atoms with Gasteiger partial charge < -0.3 is 9.64 Å². The van der Waals surface area contributed by atoms with E-state index in [1.54, 1.807) is 36.4 Å². The largest absolute Gasteiger partial charge is 0.378 e. The molecule has 11 nitrogen and oxygen atoms in total. The molecule has 0 radical (unpaired) electrons. The van der Waals surface area contributed by atoms with Gasteiger partial charge in [-0.1, -0.05) is 41.9 Å². The first kappa shape index (κ1) is 27.0. The van der Waals surface area contributed by atoms with Crippen LogP contribution >= 0.6 is 11.6 Å². The first-order chi connectivity index (χ1) is 18.3. The van der Waals surface area contributed by atoms with Crippen molar-refractivity contribution >= 4 is 50.8 Å². The summed E-state index contributed by atoms with van der Waals surface area (Å²) < 4.78 is 33.1. The van der Waals surface area contributed by atoms with Crippen molar-refractivity contribution in [3.8, 4) is 0 Å². The summed E-state index contributed by atoms with van der Waals surface area (Å²) in [6.07, 6.45) is 1.29. The fourth-order valence-electron chi connectivity index (χ4n) is 3.86. The summed E-state index contributed by atoms with van der Waals surface area (Å²) in [4.78, 5) is 25.6. The predicted molar refractivity (Wildman–Crippen MR) is 144 cm³/mol. The van der Waals surface area contributed by atoms with E-state index in [1.807, 2.05) is 4.90 Å². The maximum Gasteiger partial charge on any atom is 0.270 e. The number of rotatable bonds is 9. The van der Waals surface area contributed by atoms with Crippen LogP contribution in [-0.4, -0.2) is 58.3 Å². The van der Waals surface area contributed by atoms with Crippen LogP contribution in [0.25, 0.3) is 0 Å². The number of nitrogens with one attached hydrogen (secondary N) is 1. The number of benzene rings is 3. The van der Waals surface area contributed by atoms with Crippen LogP contribution in [0.5, 0.6) is 0 Å². The molecule has 1 saturated heterocycles. The minimum Gasteiger partial charge on any atom is -0.378 e. The average Bonchev–Trinajstić information content (AvgIpc) is 2.93. The predicted octanol–water partition coefficient (Wildman–Crippen LogP) is 3.43. The average molecular weight is 558 g/mol. The fourth-order valence-corrected chi connectivity index (χ4v) is 5.61. The molecule has 1 amide bonds. The van der Waals surface area contributed by atoms with E-state index in [1.165, 1.54) is 42.6 Å². The van der Waals surface area contributed by atoms with Crippen LogP contribution in [-0.2, 0) is 19.6 Å². The number of anilines is 2. The third-order valence-electron chi connectivity index (χ3n) is 5.71. The number of amides is 1. The number of para-hydroxylation sites is 1. The second kappa shape index (κ2) is 12.0. The number of halogens is 1. The van der Waals surface area contributed by atoms with Gasteiger partial charge in [-0.15, -0.1) is 0 Å². The highest BCUT2D eigenvalue weighted by Gasteiger charge is 2.28. The third-order valence-corrected chi connectivity index (χ3v) is 7.80. The molecule has 1 aliphatic rings. The quantitative estimate of drug-likeness (QED) is 0.242. The minimum atomic E-state index is -4.14. The Kier molecular flexibility index (Phi) is 8.56. The Morgan fingerprint density at radius 2 is 1.79 bits per heavy atom. The van der Waals surface area contributed by atoms with Crippen molar-refractivity contribution in [2.45, 2.75) is 4.90 Å². The molecule has 1 heterocycles. The summed E-state index contributed by atoms with van der Waals surface area (Å²) in [6.45, 7) is 1.60. The first-order valence-corrected chi connectivity index (χ1v) is 13.3. The van der Waals surface area contributed by atoms with Crippen molar-refractivity contribution in [1.29, 1.82) is 0 Å². The SMILES string of the molecule is O=C(CN(c1ccccc1Cl)S(=O)(=O)c1ccccc1)N/N=C\c1cc([N+](=O)[O-])ccc1N1CCOCC1. The van der Waals surface area contributed by atoms with Gasteiger partial charge >= 0.3 is 0 Å². The number of nitrogens with zero attached hydrogens (tertiary/aromatic N) is 4. The third kappa shape index (κ3) is 6.28. The van der Waals surface area contributed by atoms with Crippen LogP contribution in [0.3, 0.4) is 0 Å². The monoisotopic (exact) mass is 557 g/mol. The lowest BCUT2D eigenvalue weighted by atomic mass is 10.1. The highest BCUT2D eigenvalue weighted by Crippen LogP contribution is 2.30. The number of carbonyl (C=O) groups is 1. The van der Waals surface area contributed by atoms with Gasteiger partial charge in [-0.05, 0) is 30.3 Å². The van der Waals surface area contributed by atoms with E-state index >= 15 is 0 Å². The van der Waals surface area contributed by atoms with Crippen LogP contribution in [0, 0.1) is 10.1 Å². The Hall–Kier alpha value is -4.00. The number of hydrazone groups is 1. The number of nitro benzene ring substituents is 1. The van der Waals surface area contributed by atoms with E-state index in [-0.39, 0.29) is 21.3 Å². The van der Waals surface area contributed by atoms with Gasteiger partial charge in [0.25, 0.3) is 21.6 Å². The maximum atomic E-state index is 13.4. The molecule has 3 aromatic carbocycles. The van der Waals surface area contributed by atoms with E-state index in [4.69, 9.17) is 16.3 Å². The maximum absolute atomic E-state index is 13.4. The minimum absolute atomic E-state index is 0.0111. The molecule has 3 aromatic rings. The summed E-state index contributed by atoms with van der Waals surface area (Å²) in [5, 5.41) is 15.4. The van der Waals surface area contributed by atoms with Gasteiger partial charge in [0, 0.05) is 36.5 Å². The molecule has 198 valence electrons. The van der Waals surface area contributed by atoms with Crippen LogP contribution < -0.4 is 14.6 Å². The standard InChI is InChI=1S/C25H24ClN5O6S/c26-22-8-4-5-9-24(22)30(38(35,36)21-6-2-1-3-7-21)18-25(32)28-27-17-19-16-20(31(33)34)10-11-23(19)29-12-14-37-15-13-29/h1-11,16-17H,12-15,18H2,(H,28,32)/b27-17-. The van der Waals surface area contributed by atoms with E-state index in [0.29, 0.717) is 37.6 Å². The van der Waals surface area contributed by atoms with Crippen molar-refractivity contribution in [2.24, 2.45) is 5.10 Å². The summed E-state index contributed by atoms with van der Waals surface area (Å²) in [5.41, 5.74) is 3.43. The zero-order valence-corrected chi connectivity index (χ0v) is 21.6. The lowest BCUT2D eigenvalue weighted by Gasteiger charge is -2.29. The topological polar surface area (TPSA) is 134 Å². The van der Waals surface area contributed by atoms with E-state index in [2.05, 4.69) is 10.5 Å². The van der Waals surface area contributed by atoms with Crippen molar-refractivity contribution in [3.05, 3.63) is 93.5 Å². The van der Waals surface area contributed by atoms with Crippen molar-refractivity contribution < 1.29 is 22.9 Å². The van der Waals surface area contributed by atoms with Crippen LogP contribution in [0.4, 0.5) is 17.1 Å². The van der Waals surface area contributed by atoms with Gasteiger partial charge in [-0.25, -0.2) is 13.8 Å². The zero-order valence-electron chi connectivity index (χ0n) is 20.1. The molecule has 4 rings (SSSR count). The first-order valence-electron chi connectivity index (χ1n) is 11.5. The molecular weight excluding hydrogens is 534 g/mol. The molecule has 0 aromatic heterocycles. The lowest BCUT2D eigenvalue weighted by Crippen LogP contribution is -2.39. The summed E-state index contributed by atoms with van der Waals surface area (Å²) in [5.74, 6) is -0.737. The number of hydrogen-bond acceptors (Lipinski definition) is 8. The molecule has 0 unspecified atom stereocenters. The van der Waals surface area contributed by atoms with Crippen LogP contribution in [0.15, 0.2) is 82.8 Å². The van der Waals surface area contributed by atoms with E-state index in [0.717, 1.165) is 4.31 Å². The molecule has 1 N–H and O–H groups in total. The Morgan fingerprint density at radius 3 is 2.47 bits per heavy atom. The molecule has 1 fully saturated rings. The lowest BCUT2D eigenvalue weighted by molar-refractivity contribution is -0.384. The molecule has 0 atom stereocenters. The van der Waals surface area contributed by atoms with Crippen molar-refractivity contribution in [2.75, 3.05) is 42.1 Å². The molecule has 0 saturated carbocycles. The fraction of sp³-hybridized carbons (Fsp3) is 0.200. The Morgan fingerprint density at radius 1 is 1.11 bits per heavy atom.